The maximum Gasteiger partial charge on any atom is 0.0711 e. The average molecular weight is 267 g/mol. The molecule has 4 aromatic rings. The number of rotatable bonds is 1. The summed E-state index contributed by atoms with van der Waals surface area (Å²) >= 11 is 3.37. The molecule has 1 nitrogen and oxygen atoms in total. The summed E-state index contributed by atoms with van der Waals surface area (Å²) in [6, 6.07) is 12.8. The number of nitrogens with zero attached hydrogens (tertiary/aromatic N) is 1. The number of benzene rings is 1. The molecule has 0 aliphatic rings. The second kappa shape index (κ2) is 3.70. The fraction of sp³-hybridized carbons (Fsp3) is 0.0667. The summed E-state index contributed by atoms with van der Waals surface area (Å²) < 4.78 is 4.93. The van der Waals surface area contributed by atoms with E-state index in [0.717, 1.165) is 0 Å². The fourth-order valence-corrected chi connectivity index (χ4v) is 4.01. The minimum Gasteiger partial charge on any atom is -0.307 e. The van der Waals surface area contributed by atoms with Crippen LogP contribution in [0.15, 0.2) is 36.4 Å². The molecule has 1 aromatic carbocycles. The van der Waals surface area contributed by atoms with Crippen LogP contribution >= 0.6 is 22.7 Å². The van der Waals surface area contributed by atoms with Gasteiger partial charge in [0, 0.05) is 16.4 Å². The Morgan fingerprint density at radius 3 is 2.00 bits per heavy atom. The van der Waals surface area contributed by atoms with Gasteiger partial charge in [0.15, 0.2) is 0 Å². The zero-order valence-corrected chi connectivity index (χ0v) is 11.4. The monoisotopic (exact) mass is 267 g/mol. The van der Waals surface area contributed by atoms with Gasteiger partial charge in [-0.1, -0.05) is 17.7 Å². The van der Waals surface area contributed by atoms with Crippen LogP contribution in [0.25, 0.3) is 26.1 Å². The van der Waals surface area contributed by atoms with E-state index < -0.39 is 0 Å². The van der Waals surface area contributed by atoms with Gasteiger partial charge in [-0.3, -0.25) is 0 Å². The molecule has 0 saturated carbocycles. The van der Waals surface area contributed by atoms with Gasteiger partial charge in [-0.2, -0.15) is 0 Å². The Bertz CT molecular complexity index is 782. The molecule has 0 amide bonds. The molecule has 0 unspecified atom stereocenters. The third-order valence-electron chi connectivity index (χ3n) is 3.16. The standard InChI is InChI=1S/C15H9NS2/c1-10-2-4-11(5-3-10)16-12-6-8-17-14(12)15-13(16)7-9-18-15/h2-7H,1H3. The Morgan fingerprint density at radius 2 is 1.44 bits per heavy atom. The molecule has 0 saturated heterocycles. The highest BCUT2D eigenvalue weighted by Crippen LogP contribution is 2.37. The highest BCUT2D eigenvalue weighted by molar-refractivity contribution is 7.25. The number of aryl methyl sites for hydroxylation is 1. The van der Waals surface area contributed by atoms with Gasteiger partial charge in [0.2, 0.25) is 0 Å². The molecule has 0 bridgehead atoms. The van der Waals surface area contributed by atoms with Crippen molar-refractivity contribution in [3.63, 3.8) is 0 Å². The number of aromatic nitrogens is 1. The summed E-state index contributed by atoms with van der Waals surface area (Å²) in [7, 11) is 0. The van der Waals surface area contributed by atoms with E-state index in [-0.39, 0.29) is 0 Å². The largest absolute Gasteiger partial charge is 0.307 e. The molecule has 0 atom stereocenters. The molecule has 3 aromatic heterocycles. The van der Waals surface area contributed by atoms with Gasteiger partial charge in [-0.05, 0) is 31.2 Å². The zero-order chi connectivity index (χ0) is 12.1. The lowest BCUT2D eigenvalue weighted by Crippen LogP contribution is -1.91. The first-order valence-corrected chi connectivity index (χ1v) is 7.35. The van der Waals surface area contributed by atoms with Gasteiger partial charge in [0.25, 0.3) is 0 Å². The van der Waals surface area contributed by atoms with Crippen molar-refractivity contribution < 1.29 is 0 Å². The zero-order valence-electron chi connectivity index (χ0n) is 9.73. The van der Waals surface area contributed by atoms with Crippen molar-refractivity contribution in [2.75, 3.05) is 0 Å². The molecule has 0 fully saturated rings. The Morgan fingerprint density at radius 1 is 0.889 bits per heavy atom. The van der Waals surface area contributed by atoms with Gasteiger partial charge in [-0.25, -0.2) is 0 Å². The van der Waals surface area contributed by atoms with Gasteiger partial charge in [0.1, 0.15) is 0 Å². The van der Waals surface area contributed by atoms with Crippen LogP contribution in [0.3, 0.4) is 0 Å². The van der Waals surface area contributed by atoms with E-state index in [0.29, 0.717) is 0 Å². The van der Waals surface area contributed by atoms with E-state index in [9.17, 15) is 0 Å². The quantitative estimate of drug-likeness (QED) is 0.466. The second-order valence-electron chi connectivity index (χ2n) is 4.33. The van der Waals surface area contributed by atoms with Crippen LogP contribution in [0.1, 0.15) is 5.56 Å². The lowest BCUT2D eigenvalue weighted by Gasteiger charge is -2.05. The van der Waals surface area contributed by atoms with E-state index in [1.165, 1.54) is 31.7 Å². The number of hydrogen-bond acceptors (Lipinski definition) is 2. The summed E-state index contributed by atoms with van der Waals surface area (Å²) in [5, 5.41) is 6.47. The van der Waals surface area contributed by atoms with Crippen LogP contribution in [-0.4, -0.2) is 4.57 Å². The molecular weight excluding hydrogens is 258 g/mol. The van der Waals surface area contributed by atoms with Crippen LogP contribution in [0, 0.1) is 17.7 Å². The molecule has 18 heavy (non-hydrogen) atoms. The highest BCUT2D eigenvalue weighted by Gasteiger charge is 2.14. The van der Waals surface area contributed by atoms with Gasteiger partial charge < -0.3 is 4.57 Å². The first-order chi connectivity index (χ1) is 8.84. The molecule has 0 aliphatic heterocycles. The van der Waals surface area contributed by atoms with Crippen molar-refractivity contribution in [2.24, 2.45) is 0 Å². The summed E-state index contributed by atoms with van der Waals surface area (Å²) in [6.45, 7) is 2.11. The van der Waals surface area contributed by atoms with Crippen molar-refractivity contribution in [3.8, 4) is 5.69 Å². The van der Waals surface area contributed by atoms with Crippen LogP contribution in [-0.2, 0) is 0 Å². The third-order valence-corrected chi connectivity index (χ3v) is 4.99. The summed E-state index contributed by atoms with van der Waals surface area (Å²) in [5.74, 6) is 0. The van der Waals surface area contributed by atoms with E-state index in [1.807, 2.05) is 0 Å². The smallest absolute Gasteiger partial charge is 0.0711 e. The minimum atomic E-state index is 1.21. The van der Waals surface area contributed by atoms with E-state index in [1.54, 1.807) is 22.7 Å². The number of thiophene rings is 2. The molecular formula is C15H9NS2. The number of fused-ring (bicyclic) bond motifs is 3. The summed E-state index contributed by atoms with van der Waals surface area (Å²) in [6.07, 6.45) is 0. The van der Waals surface area contributed by atoms with Crippen LogP contribution in [0.5, 0.6) is 0 Å². The lowest BCUT2D eigenvalue weighted by atomic mass is 10.2. The Hall–Kier alpha value is -1.58. The molecule has 0 aliphatic carbocycles. The topological polar surface area (TPSA) is 4.93 Å². The van der Waals surface area contributed by atoms with Gasteiger partial charge in [0.05, 0.1) is 20.4 Å². The fourth-order valence-electron chi connectivity index (χ4n) is 2.28. The predicted octanol–water partition coefficient (Wildman–Crippen LogP) is 4.82. The Kier molecular flexibility index (Phi) is 2.13. The molecule has 86 valence electrons. The first kappa shape index (κ1) is 10.4. The van der Waals surface area contributed by atoms with Crippen molar-refractivity contribution in [1.29, 1.82) is 0 Å². The molecule has 3 heteroatoms. The third kappa shape index (κ3) is 1.32. The molecule has 2 radical (unpaired) electrons. The Balaban J connectivity index is 2.14. The van der Waals surface area contributed by atoms with Gasteiger partial charge >= 0.3 is 0 Å². The van der Waals surface area contributed by atoms with Crippen molar-refractivity contribution >= 4 is 43.1 Å². The second-order valence-corrected chi connectivity index (χ2v) is 6.02. The van der Waals surface area contributed by atoms with Crippen LogP contribution in [0.2, 0.25) is 0 Å². The highest BCUT2D eigenvalue weighted by atomic mass is 32.1. The summed E-state index contributed by atoms with van der Waals surface area (Å²) in [4.78, 5) is 0. The van der Waals surface area contributed by atoms with E-state index in [2.05, 4.69) is 58.6 Å². The van der Waals surface area contributed by atoms with Crippen molar-refractivity contribution in [3.05, 3.63) is 52.7 Å². The summed E-state index contributed by atoms with van der Waals surface area (Å²) in [5.41, 5.74) is 4.99. The number of hydrogen-bond donors (Lipinski definition) is 0. The normalized spacial score (nSPS) is 11.6. The maximum atomic E-state index is 3.23. The van der Waals surface area contributed by atoms with Crippen LogP contribution in [0.4, 0.5) is 0 Å². The Labute approximate surface area is 113 Å². The van der Waals surface area contributed by atoms with Gasteiger partial charge in [-0.15, -0.1) is 22.7 Å². The minimum absolute atomic E-state index is 1.21. The predicted molar refractivity (Wildman–Crippen MR) is 78.9 cm³/mol. The molecule has 3 heterocycles. The SMILES string of the molecule is Cc1ccc(-n2c3c[c]sc3c3s[c]cc32)cc1. The van der Waals surface area contributed by atoms with E-state index in [4.69, 9.17) is 0 Å². The average Bonchev–Trinajstić information content (AvgIpc) is 3.03. The van der Waals surface area contributed by atoms with Crippen LogP contribution < -0.4 is 0 Å². The van der Waals surface area contributed by atoms with Crippen molar-refractivity contribution in [1.82, 2.24) is 4.57 Å². The molecule has 0 spiro atoms. The lowest BCUT2D eigenvalue weighted by molar-refractivity contribution is 1.18. The first-order valence-electron chi connectivity index (χ1n) is 5.71. The van der Waals surface area contributed by atoms with E-state index >= 15 is 0 Å². The molecule has 0 N–H and O–H groups in total. The van der Waals surface area contributed by atoms with Crippen molar-refractivity contribution in [2.45, 2.75) is 6.92 Å². The molecule has 4 rings (SSSR count). The maximum absolute atomic E-state index is 3.23.